The predicted molar refractivity (Wildman–Crippen MR) is 194 cm³/mol. The Hall–Kier alpha value is -4.17. The summed E-state index contributed by atoms with van der Waals surface area (Å²) in [6.45, 7) is 1.75. The SMILES string of the molecule is C=CCCC(=O)N[C@H](CC(=O)SC)C(=O)OC1C(COP(=O)(O)O[C@H]2C[C@H](n3ccc(N)nc3=O)O[C@@H]2COP(=O)(O)O)OC(n2cnc3c(N)ncnc32)C1O. The largest absolute Gasteiger partial charge is 0.472 e. The second kappa shape index (κ2) is 18.6. The number of carbonyl (C=O) groups is 3. The van der Waals surface area contributed by atoms with E-state index in [4.69, 9.17) is 34.7 Å². The first-order chi connectivity index (χ1) is 26.9. The first-order valence-corrected chi connectivity index (χ1v) is 20.9. The van der Waals surface area contributed by atoms with E-state index in [1.165, 1.54) is 35.5 Å². The molecule has 2 fully saturated rings. The number of amides is 1. The van der Waals surface area contributed by atoms with Crippen LogP contribution in [0.15, 0.2) is 42.4 Å². The van der Waals surface area contributed by atoms with E-state index in [1.807, 2.05) is 0 Å². The minimum atomic E-state index is -5.23. The van der Waals surface area contributed by atoms with E-state index < -0.39 is 107 Å². The van der Waals surface area contributed by atoms with Gasteiger partial charge in [-0.25, -0.2) is 33.7 Å². The number of esters is 1. The number of hydrogen-bond acceptors (Lipinski definition) is 20. The highest BCUT2D eigenvalue weighted by Gasteiger charge is 2.50. The van der Waals surface area contributed by atoms with Crippen LogP contribution in [0.5, 0.6) is 0 Å². The van der Waals surface area contributed by atoms with E-state index in [9.17, 15) is 48.1 Å². The topological polar surface area (TPSA) is 364 Å². The Labute approximate surface area is 325 Å². The Balaban J connectivity index is 1.38. The average molecular weight is 864 g/mol. The molecule has 2 aliphatic heterocycles. The van der Waals surface area contributed by atoms with Crippen LogP contribution < -0.4 is 22.5 Å². The third kappa shape index (κ3) is 11.3. The van der Waals surface area contributed by atoms with Crippen molar-refractivity contribution in [2.75, 3.05) is 30.9 Å². The van der Waals surface area contributed by atoms with E-state index in [0.29, 0.717) is 0 Å². The number of carbonyl (C=O) groups excluding carboxylic acids is 3. The number of hydrogen-bond donors (Lipinski definition) is 7. The van der Waals surface area contributed by atoms with Crippen molar-refractivity contribution in [3.8, 4) is 0 Å². The van der Waals surface area contributed by atoms with Crippen molar-refractivity contribution in [3.63, 3.8) is 0 Å². The van der Waals surface area contributed by atoms with Gasteiger partial charge in [-0.3, -0.25) is 32.3 Å². The van der Waals surface area contributed by atoms with Crippen LogP contribution in [0.1, 0.15) is 38.1 Å². The molecule has 5 unspecified atom stereocenters. The maximum atomic E-state index is 13.6. The zero-order valence-electron chi connectivity index (χ0n) is 29.8. The number of nitrogens with zero attached hydrogens (tertiary/aromatic N) is 6. The molecule has 0 bridgehead atoms. The van der Waals surface area contributed by atoms with E-state index in [1.54, 1.807) is 0 Å². The van der Waals surface area contributed by atoms with Gasteiger partial charge >= 0.3 is 27.3 Å². The average Bonchev–Trinajstić information content (AvgIpc) is 3.83. The lowest BCUT2D eigenvalue weighted by atomic mass is 10.1. The smallest absolute Gasteiger partial charge is 0.455 e. The van der Waals surface area contributed by atoms with Crippen LogP contribution in [0.4, 0.5) is 11.6 Å². The molecular weight excluding hydrogens is 824 g/mol. The molecule has 1 amide bonds. The summed E-state index contributed by atoms with van der Waals surface area (Å²) in [5.74, 6) is -1.89. The van der Waals surface area contributed by atoms with Gasteiger partial charge < -0.3 is 50.8 Å². The Bertz CT molecular complexity index is 2120. The minimum Gasteiger partial charge on any atom is -0.455 e. The lowest BCUT2D eigenvalue weighted by Crippen LogP contribution is -2.47. The van der Waals surface area contributed by atoms with Crippen molar-refractivity contribution in [3.05, 3.63) is 48.1 Å². The molecule has 0 aliphatic carbocycles. The van der Waals surface area contributed by atoms with E-state index >= 15 is 0 Å². The molecule has 9 atom stereocenters. The molecule has 3 aromatic heterocycles. The molecule has 28 heteroatoms. The van der Waals surface area contributed by atoms with Crippen LogP contribution in [0, 0.1) is 0 Å². The van der Waals surface area contributed by atoms with Crippen molar-refractivity contribution in [2.24, 2.45) is 0 Å². The van der Waals surface area contributed by atoms with Crippen LogP contribution in [0.25, 0.3) is 11.2 Å². The number of imidazole rings is 1. The molecule has 5 rings (SSSR count). The Kier molecular flexibility index (Phi) is 14.3. The number of nitrogens with two attached hydrogens (primary N) is 2. The van der Waals surface area contributed by atoms with Gasteiger partial charge in [0.25, 0.3) is 0 Å². The number of anilines is 2. The van der Waals surface area contributed by atoms with E-state index in [2.05, 4.69) is 36.4 Å². The summed E-state index contributed by atoms with van der Waals surface area (Å²) in [6, 6.07) is -0.253. The van der Waals surface area contributed by atoms with Gasteiger partial charge in [-0.1, -0.05) is 17.8 Å². The van der Waals surface area contributed by atoms with Crippen LogP contribution in [-0.2, 0) is 51.3 Å². The number of phosphoric acid groups is 2. The summed E-state index contributed by atoms with van der Waals surface area (Å²) in [5, 5.41) is 13.5. The number of nitrogen functional groups attached to an aromatic ring is 2. The Morgan fingerprint density at radius 2 is 1.86 bits per heavy atom. The number of aliphatic hydroxyl groups excluding tert-OH is 1. The van der Waals surface area contributed by atoms with E-state index in [0.717, 1.165) is 22.7 Å². The molecule has 25 nitrogen and oxygen atoms in total. The fourth-order valence-corrected chi connectivity index (χ4v) is 7.40. The molecule has 2 saturated heterocycles. The second-order valence-corrected chi connectivity index (χ2v) is 15.9. The summed E-state index contributed by atoms with van der Waals surface area (Å²) < 4.78 is 59.5. The molecule has 9 N–H and O–H groups in total. The van der Waals surface area contributed by atoms with Crippen LogP contribution in [-0.4, -0.2) is 122 Å². The number of thioether (sulfide) groups is 1. The highest BCUT2D eigenvalue weighted by molar-refractivity contribution is 8.13. The summed E-state index contributed by atoms with van der Waals surface area (Å²) in [6.07, 6.45) is -4.85. The van der Waals surface area contributed by atoms with Gasteiger partial charge in [-0.05, 0) is 18.7 Å². The lowest BCUT2D eigenvalue weighted by Gasteiger charge is -2.25. The van der Waals surface area contributed by atoms with Gasteiger partial charge in [-0.2, -0.15) is 4.98 Å². The van der Waals surface area contributed by atoms with Crippen LogP contribution in [0.2, 0.25) is 0 Å². The zero-order chi connectivity index (χ0) is 41.7. The van der Waals surface area contributed by atoms with Gasteiger partial charge in [0.05, 0.1) is 19.5 Å². The van der Waals surface area contributed by atoms with Crippen LogP contribution >= 0.6 is 27.4 Å². The quantitative estimate of drug-likeness (QED) is 0.0460. The third-order valence-corrected chi connectivity index (χ3v) is 10.6. The molecule has 0 saturated carbocycles. The van der Waals surface area contributed by atoms with Crippen molar-refractivity contribution in [1.82, 2.24) is 34.4 Å². The van der Waals surface area contributed by atoms with Crippen molar-refractivity contribution < 1.29 is 71.1 Å². The molecule has 0 radical (unpaired) electrons. The van der Waals surface area contributed by atoms with Crippen molar-refractivity contribution in [1.29, 1.82) is 0 Å². The van der Waals surface area contributed by atoms with E-state index in [-0.39, 0.29) is 42.1 Å². The molecule has 5 heterocycles. The fraction of sp³-hybridized carbons (Fsp3) is 0.517. The molecule has 0 spiro atoms. The van der Waals surface area contributed by atoms with Crippen molar-refractivity contribution in [2.45, 2.75) is 74.7 Å². The first kappa shape index (κ1) is 43.9. The number of rotatable bonds is 18. The molecule has 312 valence electrons. The highest BCUT2D eigenvalue weighted by Crippen LogP contribution is 2.50. The maximum absolute atomic E-state index is 13.6. The van der Waals surface area contributed by atoms with Gasteiger partial charge in [-0.15, -0.1) is 6.58 Å². The minimum absolute atomic E-state index is 0.0128. The highest BCUT2D eigenvalue weighted by atomic mass is 32.2. The standard InChI is InChI=1S/C29H39N9O16P2S/c1-3-4-5-19(39)35-14(8-21(40)57-2)28(42)53-24-17(52-27(23(24)41)38-13-34-22-25(31)32-12-33-26(22)38)11-50-56(47,48)54-15-9-20(37-7-6-18(30)36-29(37)43)51-16(15)10-49-55(44,45)46/h3,6-7,12-17,20,23-24,27,41H,1,4-5,8-11H2,2H3,(H,35,39)(H,47,48)(H2,30,36,43)(H2,31,32,33)(H2,44,45,46)/t14-,15+,16-,17?,20-,23?,24?,27?/m1/s1. The van der Waals surface area contributed by atoms with Gasteiger partial charge in [0.15, 0.2) is 28.9 Å². The summed E-state index contributed by atoms with van der Waals surface area (Å²) in [7, 11) is -10.3. The maximum Gasteiger partial charge on any atom is 0.472 e. The Morgan fingerprint density at radius 3 is 2.54 bits per heavy atom. The number of phosphoric ester groups is 2. The third-order valence-electron chi connectivity index (χ3n) is 8.44. The first-order valence-electron chi connectivity index (χ1n) is 16.7. The van der Waals surface area contributed by atoms with Gasteiger partial charge in [0.2, 0.25) is 5.91 Å². The van der Waals surface area contributed by atoms with Crippen molar-refractivity contribution >= 4 is 67.2 Å². The summed E-state index contributed by atoms with van der Waals surface area (Å²) in [4.78, 5) is 96.0. The molecule has 3 aromatic rings. The molecule has 0 aromatic carbocycles. The zero-order valence-corrected chi connectivity index (χ0v) is 32.4. The summed E-state index contributed by atoms with van der Waals surface area (Å²) in [5.41, 5.74) is 10.8. The number of ether oxygens (including phenoxy) is 3. The van der Waals surface area contributed by atoms with Gasteiger partial charge in [0, 0.05) is 25.5 Å². The number of fused-ring (bicyclic) bond motifs is 1. The molecular formula is C29H39N9O16P2S. The Morgan fingerprint density at radius 1 is 1.12 bits per heavy atom. The van der Waals surface area contributed by atoms with Gasteiger partial charge in [0.1, 0.15) is 54.3 Å². The lowest BCUT2D eigenvalue weighted by molar-refractivity contribution is -0.160. The number of aliphatic hydroxyl groups is 1. The number of allylic oxidation sites excluding steroid dienone is 1. The number of nitrogens with one attached hydrogen (secondary N) is 1. The number of aromatic nitrogens is 6. The second-order valence-electron chi connectivity index (χ2n) is 12.4. The summed E-state index contributed by atoms with van der Waals surface area (Å²) >= 11 is 0.794. The molecule has 2 aliphatic rings. The molecule has 57 heavy (non-hydrogen) atoms. The normalized spacial score (nSPS) is 25.2. The monoisotopic (exact) mass is 863 g/mol. The van der Waals surface area contributed by atoms with Crippen LogP contribution in [0.3, 0.4) is 0 Å². The fourth-order valence-electron chi connectivity index (χ4n) is 5.76. The predicted octanol–water partition coefficient (Wildman–Crippen LogP) is -0.953.